The van der Waals surface area contributed by atoms with Crippen LogP contribution in [0, 0.1) is 12.8 Å². The van der Waals surface area contributed by atoms with E-state index in [-0.39, 0.29) is 11.8 Å². The summed E-state index contributed by atoms with van der Waals surface area (Å²) in [5.74, 6) is 1.92. The molecule has 9 heteroatoms. The monoisotopic (exact) mass is 469 g/mol. The van der Waals surface area contributed by atoms with Crippen molar-refractivity contribution in [3.05, 3.63) is 35.3 Å². The second-order valence-corrected chi connectivity index (χ2v) is 9.51. The molecule has 1 saturated heterocycles. The predicted octanol–water partition coefficient (Wildman–Crippen LogP) is 3.35. The Balaban J connectivity index is 1.51. The third-order valence-corrected chi connectivity index (χ3v) is 6.27. The van der Waals surface area contributed by atoms with Crippen LogP contribution in [0.3, 0.4) is 0 Å². The number of imidazole rings is 1. The topological polar surface area (TPSA) is 97.7 Å². The van der Waals surface area contributed by atoms with E-state index >= 15 is 0 Å². The Morgan fingerprint density at radius 2 is 2.06 bits per heavy atom. The van der Waals surface area contributed by atoms with Crippen LogP contribution in [0.2, 0.25) is 0 Å². The summed E-state index contributed by atoms with van der Waals surface area (Å²) in [6.07, 6.45) is 6.51. The number of hydrogen-bond donors (Lipinski definition) is 1. The highest BCUT2D eigenvalue weighted by Gasteiger charge is 2.22. The summed E-state index contributed by atoms with van der Waals surface area (Å²) < 4.78 is 30.5. The van der Waals surface area contributed by atoms with Crippen molar-refractivity contribution in [3.63, 3.8) is 0 Å². The Hall–Kier alpha value is -2.94. The Kier molecular flexibility index (Phi) is 6.34. The second kappa shape index (κ2) is 10.5. The summed E-state index contributed by atoms with van der Waals surface area (Å²) in [4.78, 5) is 18.0. The number of aryl methyl sites for hydroxylation is 1. The number of hydrogen-bond acceptors (Lipinski definition) is 8. The van der Waals surface area contributed by atoms with E-state index in [1.54, 1.807) is 10.7 Å². The zero-order chi connectivity index (χ0) is 26.7. The van der Waals surface area contributed by atoms with Crippen molar-refractivity contribution in [1.82, 2.24) is 29.5 Å². The summed E-state index contributed by atoms with van der Waals surface area (Å²) >= 11 is 0. The van der Waals surface area contributed by atoms with Crippen LogP contribution in [-0.4, -0.2) is 69.3 Å². The molecule has 1 aliphatic rings. The molecule has 1 fully saturated rings. The number of nitrogen functional groups attached to an aromatic ring is 1. The van der Waals surface area contributed by atoms with Gasteiger partial charge in [-0.05, 0) is 64.2 Å². The fourth-order valence-electron chi connectivity index (χ4n) is 4.65. The first-order valence-corrected chi connectivity index (χ1v) is 12.1. The van der Waals surface area contributed by atoms with E-state index in [4.69, 9.17) is 19.6 Å². The number of fused-ring (bicyclic) bond motifs is 1. The number of anilines is 2. The standard InChI is InChI=1S/C25H38N8O/c1-6-7-18(3)34-25-29-22(26)24-28-15-21(33(24)30-25)13-20-12-17(2)23(27-14-20)32-10-8-19(9-11-32)16-31(4)5/h12,14-15,18-19H,6-11,13,16H2,1-5H3,(H2,26,29,30)/t18-/m0/s1/i3D3. The first-order chi connectivity index (χ1) is 17.5. The van der Waals surface area contributed by atoms with Crippen molar-refractivity contribution in [2.24, 2.45) is 5.92 Å². The van der Waals surface area contributed by atoms with Gasteiger partial charge in [0, 0.05) is 36.4 Å². The summed E-state index contributed by atoms with van der Waals surface area (Å²) in [6.45, 7) is 4.90. The fourth-order valence-corrected chi connectivity index (χ4v) is 4.65. The average molecular weight is 470 g/mol. The summed E-state index contributed by atoms with van der Waals surface area (Å²) in [6, 6.07) is 2.09. The molecule has 0 saturated carbocycles. The summed E-state index contributed by atoms with van der Waals surface area (Å²) in [7, 11) is 4.27. The molecule has 2 N–H and O–H groups in total. The molecule has 0 radical (unpaired) electrons. The van der Waals surface area contributed by atoms with Crippen LogP contribution in [0.5, 0.6) is 6.01 Å². The molecule has 0 aliphatic carbocycles. The summed E-state index contributed by atoms with van der Waals surface area (Å²) in [5, 5.41) is 4.43. The maximum atomic E-state index is 7.76. The number of nitrogens with zero attached hydrogens (tertiary/aromatic N) is 7. The van der Waals surface area contributed by atoms with Gasteiger partial charge in [0.2, 0.25) is 0 Å². The third kappa shape index (κ3) is 5.58. The highest BCUT2D eigenvalue weighted by atomic mass is 16.5. The molecule has 0 aromatic carbocycles. The van der Waals surface area contributed by atoms with Crippen LogP contribution in [0.1, 0.15) is 60.4 Å². The van der Waals surface area contributed by atoms with Crippen molar-refractivity contribution in [2.75, 3.05) is 44.4 Å². The number of piperidine rings is 1. The molecular weight excluding hydrogens is 428 g/mol. The smallest absolute Gasteiger partial charge is 0.336 e. The van der Waals surface area contributed by atoms with Crippen LogP contribution in [-0.2, 0) is 6.42 Å². The molecule has 184 valence electrons. The second-order valence-electron chi connectivity index (χ2n) is 9.51. The lowest BCUT2D eigenvalue weighted by atomic mass is 9.96. The van der Waals surface area contributed by atoms with Crippen molar-refractivity contribution in [3.8, 4) is 6.01 Å². The predicted molar refractivity (Wildman–Crippen MR) is 135 cm³/mol. The van der Waals surface area contributed by atoms with Gasteiger partial charge in [0.1, 0.15) is 5.82 Å². The van der Waals surface area contributed by atoms with Gasteiger partial charge in [-0.3, -0.25) is 0 Å². The van der Waals surface area contributed by atoms with E-state index in [2.05, 4.69) is 52.0 Å². The van der Waals surface area contributed by atoms with Gasteiger partial charge < -0.3 is 20.3 Å². The zero-order valence-electron chi connectivity index (χ0n) is 23.7. The molecule has 0 spiro atoms. The minimum Gasteiger partial charge on any atom is -0.459 e. The molecule has 3 aromatic rings. The van der Waals surface area contributed by atoms with Gasteiger partial charge in [0.25, 0.3) is 0 Å². The quantitative estimate of drug-likeness (QED) is 0.510. The van der Waals surface area contributed by atoms with Gasteiger partial charge in [-0.1, -0.05) is 19.4 Å². The molecule has 0 bridgehead atoms. The van der Waals surface area contributed by atoms with Gasteiger partial charge in [-0.25, -0.2) is 14.5 Å². The van der Waals surface area contributed by atoms with Crippen LogP contribution in [0.4, 0.5) is 11.6 Å². The molecule has 9 nitrogen and oxygen atoms in total. The third-order valence-electron chi connectivity index (χ3n) is 6.27. The van der Waals surface area contributed by atoms with Crippen LogP contribution >= 0.6 is 0 Å². The normalized spacial score (nSPS) is 17.6. The minimum atomic E-state index is -2.28. The fraction of sp³-hybridized carbons (Fsp3) is 0.600. The lowest BCUT2D eigenvalue weighted by molar-refractivity contribution is 0.189. The number of nitrogens with two attached hydrogens (primary N) is 1. The first kappa shape index (κ1) is 20.4. The lowest BCUT2D eigenvalue weighted by Crippen LogP contribution is -2.37. The van der Waals surface area contributed by atoms with Crippen LogP contribution in [0.25, 0.3) is 5.65 Å². The molecule has 34 heavy (non-hydrogen) atoms. The van der Waals surface area contributed by atoms with Crippen molar-refractivity contribution in [2.45, 2.75) is 58.9 Å². The highest BCUT2D eigenvalue weighted by Crippen LogP contribution is 2.26. The molecule has 4 heterocycles. The maximum absolute atomic E-state index is 7.76. The molecule has 1 atom stereocenters. The van der Waals surface area contributed by atoms with Crippen molar-refractivity contribution in [1.29, 1.82) is 0 Å². The van der Waals surface area contributed by atoms with E-state index in [9.17, 15) is 0 Å². The van der Waals surface area contributed by atoms with Gasteiger partial charge in [-0.2, -0.15) is 4.98 Å². The molecule has 3 aromatic heterocycles. The zero-order valence-corrected chi connectivity index (χ0v) is 20.7. The maximum Gasteiger partial charge on any atom is 0.336 e. The SMILES string of the molecule is [2H]C([2H])([2H])[C@@H](CCC)Oc1nc(N)c2ncc(Cc3cnc(N4CCC(CN(C)C)CC4)c(C)c3)n2n1. The molecular formula is C25H38N8O. The van der Waals surface area contributed by atoms with Gasteiger partial charge in [0.15, 0.2) is 11.5 Å². The van der Waals surface area contributed by atoms with Crippen LogP contribution in [0.15, 0.2) is 18.5 Å². The first-order valence-electron chi connectivity index (χ1n) is 13.6. The summed E-state index contributed by atoms with van der Waals surface area (Å²) in [5.41, 5.74) is 9.46. The van der Waals surface area contributed by atoms with E-state index in [1.165, 1.54) is 12.8 Å². The average Bonchev–Trinajstić information content (AvgIpc) is 3.22. The van der Waals surface area contributed by atoms with E-state index < -0.39 is 13.0 Å². The minimum absolute atomic E-state index is 0.0684. The van der Waals surface area contributed by atoms with Crippen molar-refractivity contribution >= 4 is 17.3 Å². The number of pyridine rings is 1. The Bertz CT molecular complexity index is 1200. The largest absolute Gasteiger partial charge is 0.459 e. The van der Waals surface area contributed by atoms with E-state index in [0.717, 1.165) is 48.2 Å². The van der Waals surface area contributed by atoms with E-state index in [1.807, 2.05) is 13.1 Å². The van der Waals surface area contributed by atoms with Gasteiger partial charge in [0.05, 0.1) is 18.0 Å². The molecule has 0 unspecified atom stereocenters. The lowest BCUT2D eigenvalue weighted by Gasteiger charge is -2.34. The Morgan fingerprint density at radius 1 is 1.26 bits per heavy atom. The molecule has 0 amide bonds. The number of ether oxygens (including phenoxy) is 1. The number of aromatic nitrogens is 5. The number of rotatable bonds is 9. The molecule has 1 aliphatic heterocycles. The Labute approximate surface area is 206 Å². The van der Waals surface area contributed by atoms with E-state index in [0.29, 0.717) is 24.9 Å². The highest BCUT2D eigenvalue weighted by molar-refractivity contribution is 5.60. The van der Waals surface area contributed by atoms with Gasteiger partial charge >= 0.3 is 6.01 Å². The van der Waals surface area contributed by atoms with Gasteiger partial charge in [-0.15, -0.1) is 5.10 Å². The van der Waals surface area contributed by atoms with Crippen LogP contribution < -0.4 is 15.4 Å². The Morgan fingerprint density at radius 3 is 2.74 bits per heavy atom. The van der Waals surface area contributed by atoms with Crippen molar-refractivity contribution < 1.29 is 8.85 Å². The molecule has 4 rings (SSSR count).